The van der Waals surface area contributed by atoms with E-state index in [4.69, 9.17) is 0 Å². The molecule has 0 bridgehead atoms. The second-order valence-electron chi connectivity index (χ2n) is 5.73. The van der Waals surface area contributed by atoms with Gasteiger partial charge in [0.25, 0.3) is 0 Å². The maximum absolute atomic E-state index is 11.9. The summed E-state index contributed by atoms with van der Waals surface area (Å²) in [5.74, 6) is -1.19. The Balaban J connectivity index is 1.96. The van der Waals surface area contributed by atoms with Crippen LogP contribution in [0.2, 0.25) is 0 Å². The van der Waals surface area contributed by atoms with Crippen LogP contribution in [0, 0.1) is 0 Å². The van der Waals surface area contributed by atoms with E-state index in [0.29, 0.717) is 13.1 Å². The molecule has 1 fully saturated rings. The van der Waals surface area contributed by atoms with Gasteiger partial charge in [-0.2, -0.15) is 11.3 Å². The largest absolute Gasteiger partial charge is 0.346 e. The maximum Gasteiger partial charge on any atom is 0.309 e. The first kappa shape index (κ1) is 17.7. The summed E-state index contributed by atoms with van der Waals surface area (Å²) in [6.45, 7) is 6.35. The molecule has 1 saturated heterocycles. The summed E-state index contributed by atoms with van der Waals surface area (Å²) in [4.78, 5) is 26.0. The lowest BCUT2D eigenvalue weighted by Gasteiger charge is -2.30. The van der Waals surface area contributed by atoms with E-state index in [1.165, 1.54) is 31.2 Å². The van der Waals surface area contributed by atoms with Crippen LogP contribution >= 0.6 is 11.3 Å². The lowest BCUT2D eigenvalue weighted by molar-refractivity contribution is -0.139. The maximum atomic E-state index is 11.9. The van der Waals surface area contributed by atoms with Gasteiger partial charge in [-0.1, -0.05) is 18.9 Å². The molecule has 2 amide bonds. The molecule has 1 unspecified atom stereocenters. The summed E-state index contributed by atoms with van der Waals surface area (Å²) < 4.78 is 0. The summed E-state index contributed by atoms with van der Waals surface area (Å²) in [6.07, 6.45) is 6.46. The minimum absolute atomic E-state index is 0.135. The van der Waals surface area contributed by atoms with Crippen LogP contribution in [0.4, 0.5) is 0 Å². The first-order valence-electron chi connectivity index (χ1n) is 8.15. The Bertz CT molecular complexity index is 508. The molecule has 1 aliphatic rings. The zero-order chi connectivity index (χ0) is 16.5. The molecule has 1 aromatic rings. The molecule has 1 aromatic heterocycles. The zero-order valence-electron chi connectivity index (χ0n) is 13.4. The van der Waals surface area contributed by atoms with Gasteiger partial charge in [-0.25, -0.2) is 0 Å². The quantitative estimate of drug-likeness (QED) is 0.618. The summed E-state index contributed by atoms with van der Waals surface area (Å²) in [7, 11) is 0. The number of carbonyl (C=O) groups excluding carboxylic acids is 2. The fourth-order valence-electron chi connectivity index (χ4n) is 2.84. The van der Waals surface area contributed by atoms with Crippen LogP contribution in [0.5, 0.6) is 0 Å². The van der Waals surface area contributed by atoms with Gasteiger partial charge >= 0.3 is 11.8 Å². The van der Waals surface area contributed by atoms with E-state index in [-0.39, 0.29) is 6.04 Å². The van der Waals surface area contributed by atoms with Gasteiger partial charge in [0.05, 0.1) is 6.04 Å². The van der Waals surface area contributed by atoms with E-state index in [2.05, 4.69) is 38.9 Å². The molecular formula is C17H25N3O2S. The molecule has 2 heterocycles. The highest BCUT2D eigenvalue weighted by molar-refractivity contribution is 7.07. The molecule has 126 valence electrons. The summed E-state index contributed by atoms with van der Waals surface area (Å²) in [5, 5.41) is 9.45. The van der Waals surface area contributed by atoms with Crippen molar-refractivity contribution in [3.8, 4) is 0 Å². The van der Waals surface area contributed by atoms with Crippen molar-refractivity contribution in [3.63, 3.8) is 0 Å². The third-order valence-electron chi connectivity index (χ3n) is 4.08. The fourth-order valence-corrected chi connectivity index (χ4v) is 3.55. The second-order valence-corrected chi connectivity index (χ2v) is 6.51. The van der Waals surface area contributed by atoms with E-state index in [1.807, 2.05) is 0 Å². The molecule has 0 saturated carbocycles. The predicted molar refractivity (Wildman–Crippen MR) is 93.3 cm³/mol. The van der Waals surface area contributed by atoms with Crippen LogP contribution in [0.1, 0.15) is 37.3 Å². The van der Waals surface area contributed by atoms with Crippen molar-refractivity contribution in [1.82, 2.24) is 15.5 Å². The second kappa shape index (κ2) is 9.47. The molecule has 2 rings (SSSR count). The van der Waals surface area contributed by atoms with Crippen LogP contribution in [-0.2, 0) is 9.59 Å². The minimum Gasteiger partial charge on any atom is -0.346 e. The standard InChI is InChI=1S/C17H25N3O2S/c1-2-8-18-16(21)17(22)19-12-15(14-7-11-23-13-14)20-9-5-3-4-6-10-20/h2,7,11,13,15H,1,3-6,8-10,12H2,(H,18,21)(H,19,22). The van der Waals surface area contributed by atoms with Crippen molar-refractivity contribution < 1.29 is 9.59 Å². The van der Waals surface area contributed by atoms with E-state index < -0.39 is 11.8 Å². The highest BCUT2D eigenvalue weighted by atomic mass is 32.1. The SMILES string of the molecule is C=CCNC(=O)C(=O)NCC(c1ccsc1)N1CCCCCC1. The first-order valence-corrected chi connectivity index (χ1v) is 9.09. The third kappa shape index (κ3) is 5.48. The number of hydrogen-bond donors (Lipinski definition) is 2. The highest BCUT2D eigenvalue weighted by Crippen LogP contribution is 2.25. The molecule has 6 heteroatoms. The Morgan fingerprint density at radius 2 is 1.91 bits per heavy atom. The predicted octanol–water partition coefficient (Wildman–Crippen LogP) is 2.08. The van der Waals surface area contributed by atoms with Gasteiger partial charge in [0.1, 0.15) is 0 Å². The molecule has 5 nitrogen and oxygen atoms in total. The van der Waals surface area contributed by atoms with Gasteiger partial charge in [0.2, 0.25) is 0 Å². The highest BCUT2D eigenvalue weighted by Gasteiger charge is 2.23. The topological polar surface area (TPSA) is 61.4 Å². The van der Waals surface area contributed by atoms with Crippen molar-refractivity contribution >= 4 is 23.2 Å². The summed E-state index contributed by atoms with van der Waals surface area (Å²) >= 11 is 1.66. The number of hydrogen-bond acceptors (Lipinski definition) is 4. The number of likely N-dealkylation sites (tertiary alicyclic amines) is 1. The van der Waals surface area contributed by atoms with Gasteiger partial charge in [0.15, 0.2) is 0 Å². The van der Waals surface area contributed by atoms with Gasteiger partial charge in [-0.15, -0.1) is 6.58 Å². The van der Waals surface area contributed by atoms with Crippen LogP contribution in [-0.4, -0.2) is 42.9 Å². The van der Waals surface area contributed by atoms with Crippen molar-refractivity contribution in [1.29, 1.82) is 0 Å². The van der Waals surface area contributed by atoms with E-state index in [0.717, 1.165) is 13.1 Å². The number of amides is 2. The lowest BCUT2D eigenvalue weighted by atomic mass is 10.1. The number of rotatable bonds is 6. The molecule has 1 atom stereocenters. The normalized spacial score (nSPS) is 17.0. The van der Waals surface area contributed by atoms with Crippen molar-refractivity contribution in [2.75, 3.05) is 26.2 Å². The Labute approximate surface area is 141 Å². The third-order valence-corrected chi connectivity index (χ3v) is 4.78. The van der Waals surface area contributed by atoms with Crippen LogP contribution in [0.25, 0.3) is 0 Å². The summed E-state index contributed by atoms with van der Waals surface area (Å²) in [6, 6.07) is 2.24. The van der Waals surface area contributed by atoms with Crippen molar-refractivity contribution in [2.45, 2.75) is 31.7 Å². The van der Waals surface area contributed by atoms with Crippen LogP contribution in [0.3, 0.4) is 0 Å². The smallest absolute Gasteiger partial charge is 0.309 e. The molecule has 0 aliphatic carbocycles. The van der Waals surface area contributed by atoms with Crippen LogP contribution in [0.15, 0.2) is 29.5 Å². The van der Waals surface area contributed by atoms with Gasteiger partial charge in [-0.3, -0.25) is 14.5 Å². The molecule has 0 spiro atoms. The van der Waals surface area contributed by atoms with E-state index in [1.54, 1.807) is 17.4 Å². The number of nitrogens with one attached hydrogen (secondary N) is 2. The molecule has 0 aromatic carbocycles. The Hall–Kier alpha value is -1.66. The van der Waals surface area contributed by atoms with Gasteiger partial charge < -0.3 is 10.6 Å². The Morgan fingerprint density at radius 1 is 1.22 bits per heavy atom. The van der Waals surface area contributed by atoms with E-state index >= 15 is 0 Å². The Kier molecular flexibility index (Phi) is 7.29. The van der Waals surface area contributed by atoms with E-state index in [9.17, 15) is 9.59 Å². The number of thiophene rings is 1. The lowest BCUT2D eigenvalue weighted by Crippen LogP contribution is -2.44. The average Bonchev–Trinajstić information content (AvgIpc) is 2.95. The monoisotopic (exact) mass is 335 g/mol. The molecule has 0 radical (unpaired) electrons. The summed E-state index contributed by atoms with van der Waals surface area (Å²) in [5.41, 5.74) is 1.21. The molecular weight excluding hydrogens is 310 g/mol. The average molecular weight is 335 g/mol. The fraction of sp³-hybridized carbons (Fsp3) is 0.529. The molecule has 2 N–H and O–H groups in total. The van der Waals surface area contributed by atoms with Gasteiger partial charge in [0, 0.05) is 13.1 Å². The molecule has 1 aliphatic heterocycles. The van der Waals surface area contributed by atoms with Gasteiger partial charge in [-0.05, 0) is 48.3 Å². The first-order chi connectivity index (χ1) is 11.2. The van der Waals surface area contributed by atoms with Crippen molar-refractivity contribution in [2.24, 2.45) is 0 Å². The number of carbonyl (C=O) groups is 2. The molecule has 23 heavy (non-hydrogen) atoms. The zero-order valence-corrected chi connectivity index (χ0v) is 14.2. The van der Waals surface area contributed by atoms with Crippen molar-refractivity contribution in [3.05, 3.63) is 35.0 Å². The number of nitrogens with zero attached hydrogens (tertiary/aromatic N) is 1. The van der Waals surface area contributed by atoms with Crippen LogP contribution < -0.4 is 10.6 Å². The Morgan fingerprint density at radius 3 is 2.52 bits per heavy atom. The minimum atomic E-state index is -0.607.